The maximum atomic E-state index is 10.8. The molecule has 0 aliphatic rings. The van der Waals surface area contributed by atoms with Gasteiger partial charge >= 0.3 is 5.69 Å². The molecule has 4 heteroatoms. The van der Waals surface area contributed by atoms with Gasteiger partial charge in [-0.25, -0.2) is 4.79 Å². The highest BCUT2D eigenvalue weighted by Gasteiger charge is 1.88. The molecule has 0 aliphatic heterocycles. The van der Waals surface area contributed by atoms with Crippen LogP contribution in [-0.4, -0.2) is 9.95 Å². The summed E-state index contributed by atoms with van der Waals surface area (Å²) in [6.45, 7) is 1.44. The number of nitrogens with one attached hydrogen (secondary N) is 2. The maximum Gasteiger partial charge on any atom is 0.325 e. The smallest absolute Gasteiger partial charge is 0.314 e. The first-order valence-electron chi connectivity index (χ1n) is 3.27. The van der Waals surface area contributed by atoms with Crippen LogP contribution in [0.2, 0.25) is 2.82 Å². The highest BCUT2D eigenvalue weighted by Crippen LogP contribution is 1.73. The molecule has 0 radical (unpaired) electrons. The molecule has 4 nitrogen and oxygen atoms in total. The molecule has 0 unspecified atom stereocenters. The van der Waals surface area contributed by atoms with Crippen LogP contribution in [-0.2, 0) is 0 Å². The summed E-state index contributed by atoms with van der Waals surface area (Å²) in [6, 6.07) is 0. The van der Waals surface area contributed by atoms with E-state index < -0.39 is 11.2 Å². The van der Waals surface area contributed by atoms with Crippen LogP contribution in [0.3, 0.4) is 0 Å². The normalized spacial score (nSPS) is 12.6. The Hall–Kier alpha value is -1.32. The first-order valence-corrected chi connectivity index (χ1v) is 2.38. The molecular formula is C5H6N2O2. The molecule has 0 spiro atoms. The van der Waals surface area contributed by atoms with Crippen molar-refractivity contribution in [3.05, 3.63) is 32.6 Å². The fourth-order valence-electron chi connectivity index (χ4n) is 0.411. The lowest BCUT2D eigenvalue weighted by Crippen LogP contribution is -2.22. The van der Waals surface area contributed by atoms with Crippen molar-refractivity contribution in [1.82, 2.24) is 9.95 Å². The average molecular weight is 130 g/mol. The second-order valence-corrected chi connectivity index (χ2v) is 1.64. The SMILES string of the molecule is [2H][15n]1cc(C)c(=O)[15n]([2H])c1=O. The van der Waals surface area contributed by atoms with Gasteiger partial charge in [-0.15, -0.1) is 0 Å². The van der Waals surface area contributed by atoms with Crippen molar-refractivity contribution in [3.8, 4) is 0 Å². The number of aromatic amines is 2. The summed E-state index contributed by atoms with van der Waals surface area (Å²) in [4.78, 5) is 22.1. The third-order valence-electron chi connectivity index (χ3n) is 0.903. The Morgan fingerprint density at radius 2 is 2.33 bits per heavy atom. The zero-order valence-corrected chi connectivity index (χ0v) is 4.79. The first kappa shape index (κ1) is 3.66. The minimum absolute atomic E-state index is 0.155. The summed E-state index contributed by atoms with van der Waals surface area (Å²) in [5.41, 5.74) is -1.44. The summed E-state index contributed by atoms with van der Waals surface area (Å²) < 4.78 is 13.8. The lowest BCUT2D eigenvalue weighted by molar-refractivity contribution is 1.01. The molecule has 48 valence electrons. The Labute approximate surface area is 53.5 Å². The topological polar surface area (TPSA) is 65.7 Å². The van der Waals surface area contributed by atoms with Gasteiger partial charge in [-0.1, -0.05) is 0 Å². The zero-order valence-electron chi connectivity index (χ0n) is 6.79. The highest BCUT2D eigenvalue weighted by molar-refractivity contribution is 4.98. The predicted molar refractivity (Wildman–Crippen MR) is 32.4 cm³/mol. The van der Waals surface area contributed by atoms with Gasteiger partial charge in [0.2, 0.25) is 0 Å². The summed E-state index contributed by atoms with van der Waals surface area (Å²) in [6.07, 6.45) is 1.08. The van der Waals surface area contributed by atoms with Gasteiger partial charge in [0.25, 0.3) is 5.56 Å². The molecular weight excluding hydrogens is 122 g/mol. The van der Waals surface area contributed by atoms with Crippen molar-refractivity contribution in [2.45, 2.75) is 6.92 Å². The Kier molecular flexibility index (Phi) is 0.768. The van der Waals surface area contributed by atoms with E-state index in [0.717, 1.165) is 6.20 Å². The number of hydrogen-bond donors (Lipinski definition) is 2. The molecule has 0 saturated carbocycles. The van der Waals surface area contributed by atoms with E-state index in [0.29, 0.717) is 4.98 Å². The number of hydrogen-bond acceptors (Lipinski definition) is 2. The quantitative estimate of drug-likeness (QED) is 0.491. The number of rotatable bonds is 0. The van der Waals surface area contributed by atoms with Crippen molar-refractivity contribution in [2.75, 3.05) is 0 Å². The van der Waals surface area contributed by atoms with Crippen molar-refractivity contribution in [1.29, 1.82) is 0 Å². The van der Waals surface area contributed by atoms with Gasteiger partial charge < -0.3 is 4.98 Å². The number of aromatic nitrogens is 2. The van der Waals surface area contributed by atoms with E-state index in [2.05, 4.69) is 0 Å². The standard InChI is InChI=1S/C5H6N2O2/c1-3-2-6-5(9)7-4(3)8/h2H,1H3,(H2,6,7,8,9)/i6+1,7+1/hD2. The summed E-state index contributed by atoms with van der Waals surface area (Å²) >= 11 is 0. The van der Waals surface area contributed by atoms with Crippen LogP contribution in [0.15, 0.2) is 15.8 Å². The van der Waals surface area contributed by atoms with Crippen molar-refractivity contribution >= 4 is 0 Å². The van der Waals surface area contributed by atoms with E-state index in [1.54, 1.807) is 0 Å². The Morgan fingerprint density at radius 3 is 3.00 bits per heavy atom. The molecule has 2 N–H and O–H groups in total. The lowest BCUT2D eigenvalue weighted by Gasteiger charge is -1.84. The molecule has 0 saturated heterocycles. The van der Waals surface area contributed by atoms with Crippen LogP contribution in [0.25, 0.3) is 0 Å². The van der Waals surface area contributed by atoms with Crippen molar-refractivity contribution < 1.29 is 2.82 Å². The molecule has 9 heavy (non-hydrogen) atoms. The second kappa shape index (κ2) is 1.89. The van der Waals surface area contributed by atoms with Crippen LogP contribution in [0.5, 0.6) is 0 Å². The zero-order chi connectivity index (χ0) is 8.59. The Morgan fingerprint density at radius 1 is 1.67 bits per heavy atom. The van der Waals surface area contributed by atoms with Crippen LogP contribution in [0.1, 0.15) is 5.56 Å². The number of H-pyrrole nitrogens is 2. The molecule has 0 amide bonds. The molecule has 1 aromatic heterocycles. The lowest BCUT2D eigenvalue weighted by atomic mass is 10.4. The predicted octanol–water partition coefficient (Wildman–Crippen LogP) is -0.628. The summed E-state index contributed by atoms with van der Waals surface area (Å²) in [5.74, 6) is 0. The van der Waals surface area contributed by atoms with E-state index in [4.69, 9.17) is 2.82 Å². The molecule has 0 fully saturated rings. The van der Waals surface area contributed by atoms with Crippen LogP contribution in [0, 0.1) is 6.92 Å². The summed E-state index contributed by atoms with van der Waals surface area (Å²) in [7, 11) is 0. The monoisotopic (exact) mass is 130 g/mol. The van der Waals surface area contributed by atoms with Gasteiger partial charge in [-0.3, -0.25) is 9.77 Å². The molecule has 1 rings (SSSR count). The third-order valence-corrected chi connectivity index (χ3v) is 0.903. The van der Waals surface area contributed by atoms with Crippen LogP contribution < -0.4 is 11.2 Å². The van der Waals surface area contributed by atoms with Crippen LogP contribution in [0.4, 0.5) is 0 Å². The van der Waals surface area contributed by atoms with E-state index >= 15 is 0 Å². The van der Waals surface area contributed by atoms with Gasteiger partial charge in [-0.2, -0.15) is 0 Å². The fourth-order valence-corrected chi connectivity index (χ4v) is 0.411. The molecule has 0 atom stereocenters. The molecule has 0 aliphatic carbocycles. The molecule has 1 aromatic rings. The van der Waals surface area contributed by atoms with Gasteiger partial charge in [0, 0.05) is 11.8 Å². The highest BCUT2D eigenvalue weighted by atomic mass is 16.2. The number of aryl methyl sites for hydroxylation is 1. The molecule has 0 bridgehead atoms. The van der Waals surface area contributed by atoms with E-state index in [-0.39, 0.29) is 10.5 Å². The van der Waals surface area contributed by atoms with Gasteiger partial charge in [-0.05, 0) is 6.92 Å². The van der Waals surface area contributed by atoms with E-state index in [1.807, 2.05) is 0 Å². The molecule has 1 heterocycles. The largest absolute Gasteiger partial charge is 0.325 e. The van der Waals surface area contributed by atoms with Crippen LogP contribution >= 0.6 is 0 Å². The van der Waals surface area contributed by atoms with Gasteiger partial charge in [0.05, 0.1) is 0 Å². The van der Waals surface area contributed by atoms with Gasteiger partial charge in [0.1, 0.15) is 0 Å². The molecule has 0 aromatic carbocycles. The average Bonchev–Trinajstić information content (AvgIpc) is 1.97. The maximum absolute atomic E-state index is 10.8. The van der Waals surface area contributed by atoms with Crippen molar-refractivity contribution in [3.63, 3.8) is 0 Å². The fraction of sp³-hybridized carbons (Fsp3) is 0.200. The Bertz CT molecular complexity index is 358. The van der Waals surface area contributed by atoms with E-state index in [9.17, 15) is 9.59 Å². The minimum Gasteiger partial charge on any atom is -0.314 e. The third kappa shape index (κ3) is 1.07. The second-order valence-electron chi connectivity index (χ2n) is 1.64. The minimum atomic E-state index is -0.958. The Balaban J connectivity index is 3.74. The van der Waals surface area contributed by atoms with Gasteiger partial charge in [0.15, 0.2) is 2.82 Å². The van der Waals surface area contributed by atoms with Crippen molar-refractivity contribution in [2.24, 2.45) is 0 Å². The first-order chi connectivity index (χ1) is 5.04. The summed E-state index contributed by atoms with van der Waals surface area (Å²) in [5, 5.41) is 0. The van der Waals surface area contributed by atoms with E-state index in [1.165, 1.54) is 6.92 Å².